The molecule has 1 nitrogen and oxygen atoms in total. The quantitative estimate of drug-likeness (QED) is 0.455. The van der Waals surface area contributed by atoms with E-state index in [1.165, 1.54) is 0 Å². The fourth-order valence-electron chi connectivity index (χ4n) is 0.678. The molecule has 0 radical (unpaired) electrons. The molecule has 0 amide bonds. The molecule has 9 heavy (non-hydrogen) atoms. The minimum atomic E-state index is -0.292. The summed E-state index contributed by atoms with van der Waals surface area (Å²) in [5, 5.41) is 0. The highest BCUT2D eigenvalue weighted by Gasteiger charge is 2.08. The lowest BCUT2D eigenvalue weighted by Gasteiger charge is -2.06. The Hall–Kier alpha value is 0.0700. The molecule has 0 unspecified atom stereocenters. The van der Waals surface area contributed by atoms with E-state index in [0.29, 0.717) is 0 Å². The topological polar surface area (TPSA) is 12.4 Å². The fourth-order valence-corrected chi connectivity index (χ4v) is 1.07. The summed E-state index contributed by atoms with van der Waals surface area (Å²) < 4.78 is 13.3. The van der Waals surface area contributed by atoms with E-state index in [2.05, 4.69) is 4.99 Å². The third-order valence-corrected chi connectivity index (χ3v) is 2.20. The van der Waals surface area contributed by atoms with Crippen LogP contribution in [0.5, 0.6) is 0 Å². The van der Waals surface area contributed by atoms with Crippen LogP contribution in [0.3, 0.4) is 0 Å². The second-order valence-electron chi connectivity index (χ2n) is 2.04. The molecular formula is C6H7FIN. The molecule has 0 saturated carbocycles. The minimum absolute atomic E-state index is 0.292. The summed E-state index contributed by atoms with van der Waals surface area (Å²) >= 11 is 1.99. The molecule has 0 aromatic rings. The highest BCUT2D eigenvalue weighted by atomic mass is 127. The van der Waals surface area contributed by atoms with Crippen LogP contribution in [-0.4, -0.2) is 5.71 Å². The van der Waals surface area contributed by atoms with Crippen molar-refractivity contribution in [2.45, 2.75) is 19.8 Å². The number of hydrogen-bond acceptors (Lipinski definition) is 1. The Kier molecular flexibility index (Phi) is 2.21. The van der Waals surface area contributed by atoms with Crippen LogP contribution in [-0.2, 0) is 0 Å². The van der Waals surface area contributed by atoms with Crippen LogP contribution in [0.4, 0.5) is 4.39 Å². The predicted molar refractivity (Wildman–Crippen MR) is 44.5 cm³/mol. The summed E-state index contributed by atoms with van der Waals surface area (Å²) in [7, 11) is 0. The second kappa shape index (κ2) is 2.77. The van der Waals surface area contributed by atoms with Gasteiger partial charge in [0.05, 0.1) is 0 Å². The van der Waals surface area contributed by atoms with Crippen molar-refractivity contribution < 1.29 is 4.39 Å². The van der Waals surface area contributed by atoms with Crippen molar-refractivity contribution in [3.8, 4) is 0 Å². The van der Waals surface area contributed by atoms with Gasteiger partial charge in [-0.2, -0.15) is 4.39 Å². The zero-order chi connectivity index (χ0) is 6.85. The first-order chi connectivity index (χ1) is 4.20. The molecule has 0 fully saturated rings. The van der Waals surface area contributed by atoms with Crippen LogP contribution in [0.15, 0.2) is 14.5 Å². The van der Waals surface area contributed by atoms with Gasteiger partial charge in [-0.1, -0.05) is 0 Å². The summed E-state index contributed by atoms with van der Waals surface area (Å²) in [6, 6.07) is 0. The van der Waals surface area contributed by atoms with Crippen molar-refractivity contribution in [1.29, 1.82) is 0 Å². The van der Waals surface area contributed by atoms with E-state index in [-0.39, 0.29) is 5.95 Å². The maximum atomic E-state index is 12.5. The Morgan fingerprint density at radius 2 is 2.22 bits per heavy atom. The van der Waals surface area contributed by atoms with Crippen molar-refractivity contribution >= 4 is 28.3 Å². The highest BCUT2D eigenvalue weighted by Crippen LogP contribution is 2.25. The van der Waals surface area contributed by atoms with Crippen LogP contribution in [0, 0.1) is 0 Å². The lowest BCUT2D eigenvalue weighted by atomic mass is 10.2. The van der Waals surface area contributed by atoms with E-state index in [1.807, 2.05) is 29.5 Å². The predicted octanol–water partition coefficient (Wildman–Crippen LogP) is 2.81. The smallest absolute Gasteiger partial charge is 0.222 e. The molecule has 1 aliphatic rings. The average molecular weight is 239 g/mol. The molecular weight excluding hydrogens is 232 g/mol. The van der Waals surface area contributed by atoms with Gasteiger partial charge in [-0.15, -0.1) is 0 Å². The van der Waals surface area contributed by atoms with Gasteiger partial charge in [0.15, 0.2) is 0 Å². The Morgan fingerprint density at radius 3 is 2.67 bits per heavy atom. The van der Waals surface area contributed by atoms with Crippen LogP contribution in [0.2, 0.25) is 0 Å². The van der Waals surface area contributed by atoms with E-state index >= 15 is 0 Å². The van der Waals surface area contributed by atoms with Gasteiger partial charge in [-0.05, 0) is 42.4 Å². The van der Waals surface area contributed by atoms with Gasteiger partial charge in [-0.3, -0.25) is 0 Å². The van der Waals surface area contributed by atoms with Gasteiger partial charge in [0.2, 0.25) is 5.95 Å². The summed E-state index contributed by atoms with van der Waals surface area (Å²) in [5.41, 5.74) is 0.896. The van der Waals surface area contributed by atoms with E-state index in [0.717, 1.165) is 22.1 Å². The van der Waals surface area contributed by atoms with Gasteiger partial charge in [0, 0.05) is 9.29 Å². The van der Waals surface area contributed by atoms with Gasteiger partial charge in [0.1, 0.15) is 0 Å². The molecule has 0 aromatic heterocycles. The number of aliphatic imine (C=N–C) groups is 1. The summed E-state index contributed by atoms with van der Waals surface area (Å²) in [6.07, 6.45) is 1.73. The maximum absolute atomic E-state index is 12.5. The Labute approximate surface area is 67.2 Å². The summed E-state index contributed by atoms with van der Waals surface area (Å²) in [6.45, 7) is 1.85. The normalized spacial score (nSPS) is 20.1. The third kappa shape index (κ3) is 1.74. The first kappa shape index (κ1) is 7.18. The number of nitrogens with zero attached hydrogens (tertiary/aromatic N) is 1. The van der Waals surface area contributed by atoms with Crippen molar-refractivity contribution in [2.24, 2.45) is 4.99 Å². The average Bonchev–Trinajstić information content (AvgIpc) is 1.80. The van der Waals surface area contributed by atoms with E-state index in [1.54, 1.807) is 0 Å². The van der Waals surface area contributed by atoms with Crippen molar-refractivity contribution in [3.05, 3.63) is 9.53 Å². The highest BCUT2D eigenvalue weighted by molar-refractivity contribution is 14.1. The number of halogens is 2. The molecule has 3 heteroatoms. The number of rotatable bonds is 0. The largest absolute Gasteiger partial charge is 0.229 e. The fraction of sp³-hybridized carbons (Fsp3) is 0.500. The van der Waals surface area contributed by atoms with Crippen LogP contribution < -0.4 is 0 Å². The molecule has 0 aromatic carbocycles. The molecule has 0 atom stereocenters. The van der Waals surface area contributed by atoms with E-state index < -0.39 is 0 Å². The SMILES string of the molecule is CC1=NC(F)=C(I)CC1. The molecule has 0 saturated heterocycles. The zero-order valence-corrected chi connectivity index (χ0v) is 7.27. The van der Waals surface area contributed by atoms with Crippen molar-refractivity contribution in [1.82, 2.24) is 0 Å². The first-order valence-corrected chi connectivity index (χ1v) is 3.86. The van der Waals surface area contributed by atoms with E-state index in [4.69, 9.17) is 0 Å². The molecule has 0 bridgehead atoms. The lowest BCUT2D eigenvalue weighted by Crippen LogP contribution is -1.97. The van der Waals surface area contributed by atoms with Crippen LogP contribution in [0.25, 0.3) is 0 Å². The Balaban J connectivity index is 2.83. The third-order valence-electron chi connectivity index (χ3n) is 1.22. The number of allylic oxidation sites excluding steroid dienone is 1. The molecule has 1 heterocycles. The zero-order valence-electron chi connectivity index (χ0n) is 5.12. The molecule has 0 aliphatic carbocycles. The van der Waals surface area contributed by atoms with Gasteiger partial charge >= 0.3 is 0 Å². The van der Waals surface area contributed by atoms with Crippen molar-refractivity contribution in [3.63, 3.8) is 0 Å². The van der Waals surface area contributed by atoms with Crippen molar-refractivity contribution in [2.75, 3.05) is 0 Å². The lowest BCUT2D eigenvalue weighted by molar-refractivity contribution is 0.612. The van der Waals surface area contributed by atoms with Gasteiger partial charge in [-0.25, -0.2) is 4.99 Å². The maximum Gasteiger partial charge on any atom is 0.222 e. The molecule has 0 N–H and O–H groups in total. The Morgan fingerprint density at radius 1 is 1.56 bits per heavy atom. The molecule has 1 aliphatic heterocycles. The summed E-state index contributed by atoms with van der Waals surface area (Å²) in [4.78, 5) is 3.69. The molecule has 0 spiro atoms. The monoisotopic (exact) mass is 239 g/mol. The standard InChI is InChI=1S/C6H7FIN/c1-4-2-3-5(8)6(7)9-4/h2-3H2,1H3. The Bertz CT molecular complexity index is 183. The second-order valence-corrected chi connectivity index (χ2v) is 3.34. The summed E-state index contributed by atoms with van der Waals surface area (Å²) in [5.74, 6) is -0.292. The van der Waals surface area contributed by atoms with E-state index in [9.17, 15) is 4.39 Å². The van der Waals surface area contributed by atoms with Gasteiger partial charge in [0.25, 0.3) is 0 Å². The first-order valence-electron chi connectivity index (χ1n) is 2.78. The molecule has 1 rings (SSSR count). The van der Waals surface area contributed by atoms with Crippen LogP contribution >= 0.6 is 22.6 Å². The van der Waals surface area contributed by atoms with Crippen LogP contribution in [0.1, 0.15) is 19.8 Å². The molecule has 50 valence electrons. The van der Waals surface area contributed by atoms with Gasteiger partial charge < -0.3 is 0 Å². The number of hydrogen-bond donors (Lipinski definition) is 0. The minimum Gasteiger partial charge on any atom is -0.229 e.